The lowest BCUT2D eigenvalue weighted by molar-refractivity contribution is 0.0958. The van der Waals surface area contributed by atoms with Crippen molar-refractivity contribution in [1.29, 1.82) is 0 Å². The molecule has 9 heteroatoms. The third-order valence-electron chi connectivity index (χ3n) is 2.10. The molecule has 0 saturated heterocycles. The quantitative estimate of drug-likeness (QED) is 0.704. The number of nitrogens with one attached hydrogen (secondary N) is 2. The molecule has 0 atom stereocenters. The van der Waals surface area contributed by atoms with Gasteiger partial charge in [0, 0.05) is 20.0 Å². The molecule has 0 fully saturated rings. The van der Waals surface area contributed by atoms with Crippen LogP contribution in [0.25, 0.3) is 0 Å². The highest BCUT2D eigenvalue weighted by Gasteiger charge is 2.15. The van der Waals surface area contributed by atoms with E-state index in [1.807, 2.05) is 0 Å². The number of nitrogen functional groups attached to an aromatic ring is 1. The van der Waals surface area contributed by atoms with Gasteiger partial charge >= 0.3 is 0 Å². The topological polar surface area (TPSA) is 119 Å². The highest BCUT2D eigenvalue weighted by Crippen LogP contribution is 2.23. The highest BCUT2D eigenvalue weighted by molar-refractivity contribution is 7.18. The summed E-state index contributed by atoms with van der Waals surface area (Å²) in [6, 6.07) is 0. The number of hydrogen-bond donors (Lipinski definition) is 3. The van der Waals surface area contributed by atoms with Gasteiger partial charge in [0.1, 0.15) is 10.7 Å². The van der Waals surface area contributed by atoms with E-state index in [9.17, 15) is 4.79 Å². The Bertz CT molecular complexity index is 523. The lowest BCUT2D eigenvalue weighted by atomic mass is 10.4. The minimum Gasteiger partial charge on any atom is -0.382 e. The van der Waals surface area contributed by atoms with Gasteiger partial charge in [0.25, 0.3) is 5.91 Å². The second kappa shape index (κ2) is 5.45. The second-order valence-electron chi connectivity index (χ2n) is 3.32. The van der Waals surface area contributed by atoms with Crippen LogP contribution in [0.3, 0.4) is 0 Å². The molecular weight excluding hydrogens is 256 g/mol. The zero-order chi connectivity index (χ0) is 13.0. The van der Waals surface area contributed by atoms with Crippen molar-refractivity contribution in [3.8, 4) is 0 Å². The van der Waals surface area contributed by atoms with Gasteiger partial charge in [0.15, 0.2) is 11.5 Å². The maximum absolute atomic E-state index is 11.8. The van der Waals surface area contributed by atoms with Crippen molar-refractivity contribution in [2.75, 3.05) is 24.6 Å². The predicted molar refractivity (Wildman–Crippen MR) is 66.4 cm³/mol. The number of thiazole rings is 1. The third-order valence-corrected chi connectivity index (χ3v) is 3.19. The summed E-state index contributed by atoms with van der Waals surface area (Å²) in [5.74, 6) is 0.439. The number of rotatable bonds is 5. The first kappa shape index (κ1) is 12.3. The molecule has 0 saturated carbocycles. The van der Waals surface area contributed by atoms with Crippen LogP contribution in [0.2, 0.25) is 0 Å². The van der Waals surface area contributed by atoms with E-state index < -0.39 is 0 Å². The van der Waals surface area contributed by atoms with Crippen LogP contribution < -0.4 is 16.4 Å². The number of carbonyl (C=O) groups is 1. The number of aromatic nitrogens is 3. The molecule has 2 rings (SSSR count). The highest BCUT2D eigenvalue weighted by atomic mass is 32.1. The fourth-order valence-electron chi connectivity index (χ4n) is 1.27. The molecule has 0 aromatic carbocycles. The first-order valence-electron chi connectivity index (χ1n) is 5.18. The van der Waals surface area contributed by atoms with Gasteiger partial charge in [-0.15, -0.1) is 0 Å². The van der Waals surface area contributed by atoms with Crippen LogP contribution in [-0.4, -0.2) is 34.6 Å². The molecule has 18 heavy (non-hydrogen) atoms. The lowest BCUT2D eigenvalue weighted by Gasteiger charge is -2.00. The summed E-state index contributed by atoms with van der Waals surface area (Å²) in [7, 11) is 1.72. The smallest absolute Gasteiger partial charge is 0.265 e. The van der Waals surface area contributed by atoms with Crippen LogP contribution in [0.15, 0.2) is 10.9 Å². The van der Waals surface area contributed by atoms with E-state index in [-0.39, 0.29) is 11.7 Å². The average molecular weight is 268 g/mol. The van der Waals surface area contributed by atoms with E-state index in [1.54, 1.807) is 7.05 Å². The molecule has 0 radical (unpaired) electrons. The van der Waals surface area contributed by atoms with Crippen molar-refractivity contribution in [2.24, 2.45) is 0 Å². The minimum atomic E-state index is -0.258. The third kappa shape index (κ3) is 2.74. The Labute approximate surface area is 107 Å². The van der Waals surface area contributed by atoms with Crippen molar-refractivity contribution in [1.82, 2.24) is 20.4 Å². The van der Waals surface area contributed by atoms with Gasteiger partial charge < -0.3 is 20.9 Å². The summed E-state index contributed by atoms with van der Waals surface area (Å²) < 4.78 is 4.81. The second-order valence-corrected chi connectivity index (χ2v) is 4.32. The molecule has 2 heterocycles. The number of carbonyl (C=O) groups excluding carboxylic acids is 1. The Kier molecular flexibility index (Phi) is 3.72. The lowest BCUT2D eigenvalue weighted by Crippen LogP contribution is -2.25. The molecule has 0 bridgehead atoms. The summed E-state index contributed by atoms with van der Waals surface area (Å²) in [5.41, 5.74) is 5.64. The molecule has 0 aliphatic heterocycles. The Morgan fingerprint density at radius 2 is 2.44 bits per heavy atom. The van der Waals surface area contributed by atoms with Crippen LogP contribution >= 0.6 is 11.3 Å². The van der Waals surface area contributed by atoms with Crippen molar-refractivity contribution in [3.63, 3.8) is 0 Å². The van der Waals surface area contributed by atoms with Crippen LogP contribution in [-0.2, 0) is 6.42 Å². The van der Waals surface area contributed by atoms with Crippen LogP contribution in [0.5, 0.6) is 0 Å². The van der Waals surface area contributed by atoms with E-state index in [1.165, 1.54) is 17.7 Å². The number of hydrogen-bond acceptors (Lipinski definition) is 8. The number of anilines is 2. The maximum atomic E-state index is 11.8. The van der Waals surface area contributed by atoms with Crippen LogP contribution in [0, 0.1) is 0 Å². The van der Waals surface area contributed by atoms with E-state index in [2.05, 4.69) is 25.8 Å². The molecule has 0 aliphatic carbocycles. The van der Waals surface area contributed by atoms with Crippen LogP contribution in [0.1, 0.15) is 15.6 Å². The molecule has 4 N–H and O–H groups in total. The van der Waals surface area contributed by atoms with Gasteiger partial charge in [0.05, 0.1) is 0 Å². The normalized spacial score (nSPS) is 10.3. The molecule has 0 spiro atoms. The number of nitrogens with zero attached hydrogens (tertiary/aromatic N) is 3. The molecule has 0 aliphatic rings. The van der Waals surface area contributed by atoms with Gasteiger partial charge in [-0.1, -0.05) is 16.5 Å². The van der Waals surface area contributed by atoms with Crippen LogP contribution in [0.4, 0.5) is 10.9 Å². The van der Waals surface area contributed by atoms with Gasteiger partial charge in [-0.2, -0.15) is 4.98 Å². The minimum absolute atomic E-state index is 0.222. The number of nitrogens with two attached hydrogens (primary N) is 1. The summed E-state index contributed by atoms with van der Waals surface area (Å²) in [6.45, 7) is 0.396. The maximum Gasteiger partial charge on any atom is 0.265 e. The first-order valence-corrected chi connectivity index (χ1v) is 6.00. The van der Waals surface area contributed by atoms with Gasteiger partial charge in [-0.05, 0) is 0 Å². The van der Waals surface area contributed by atoms with Crippen molar-refractivity contribution >= 4 is 28.2 Å². The largest absolute Gasteiger partial charge is 0.382 e. The van der Waals surface area contributed by atoms with E-state index in [0.29, 0.717) is 28.9 Å². The average Bonchev–Trinajstić information content (AvgIpc) is 2.98. The van der Waals surface area contributed by atoms with Gasteiger partial charge in [-0.25, -0.2) is 4.98 Å². The molecule has 2 aromatic heterocycles. The van der Waals surface area contributed by atoms with E-state index >= 15 is 0 Å². The molecule has 1 amide bonds. The summed E-state index contributed by atoms with van der Waals surface area (Å²) in [4.78, 5) is 20.0. The Morgan fingerprint density at radius 1 is 1.61 bits per heavy atom. The zero-order valence-corrected chi connectivity index (χ0v) is 10.5. The Morgan fingerprint density at radius 3 is 3.06 bits per heavy atom. The Hall–Kier alpha value is -2.16. The molecule has 96 valence electrons. The summed E-state index contributed by atoms with van der Waals surface area (Å²) in [5, 5.41) is 9.62. The van der Waals surface area contributed by atoms with Crippen molar-refractivity contribution in [3.05, 3.63) is 17.1 Å². The zero-order valence-electron chi connectivity index (χ0n) is 9.64. The van der Waals surface area contributed by atoms with E-state index in [0.717, 1.165) is 0 Å². The molecule has 8 nitrogen and oxygen atoms in total. The van der Waals surface area contributed by atoms with Gasteiger partial charge in [0.2, 0.25) is 5.89 Å². The van der Waals surface area contributed by atoms with Crippen molar-refractivity contribution < 1.29 is 9.32 Å². The first-order chi connectivity index (χ1) is 8.70. The Balaban J connectivity index is 1.89. The fraction of sp³-hybridized carbons (Fsp3) is 0.333. The summed E-state index contributed by atoms with van der Waals surface area (Å²) >= 11 is 1.20. The van der Waals surface area contributed by atoms with E-state index in [4.69, 9.17) is 10.3 Å². The fourth-order valence-corrected chi connectivity index (χ4v) is 2.03. The molecular formula is C9H12N6O2S. The number of amides is 1. The summed E-state index contributed by atoms with van der Waals surface area (Å²) in [6.07, 6.45) is 1.79. The molecule has 2 aromatic rings. The monoisotopic (exact) mass is 268 g/mol. The van der Waals surface area contributed by atoms with Crippen molar-refractivity contribution in [2.45, 2.75) is 6.42 Å². The predicted octanol–water partition coefficient (Wildman–Crippen LogP) is 0.123. The van der Waals surface area contributed by atoms with Gasteiger partial charge in [-0.3, -0.25) is 4.79 Å². The SMILES string of the molecule is CNc1nc(N)c(C(=O)NCCc2ncno2)s1. The standard InChI is InChI=1S/C9H12N6O2S/c1-11-9-15-7(10)6(18-9)8(16)12-3-2-5-13-4-14-17-5/h4H,2-3,10H2,1H3,(H,11,15)(H,12,16). The molecule has 0 unspecified atom stereocenters.